The van der Waals surface area contributed by atoms with E-state index in [1.165, 1.54) is 10.5 Å². The smallest absolute Gasteiger partial charge is 0.416 e. The predicted molar refractivity (Wildman–Crippen MR) is 130 cm³/mol. The zero-order chi connectivity index (χ0) is 23.8. The molecular formula is C28H30N2O4. The summed E-state index contributed by atoms with van der Waals surface area (Å²) in [4.78, 5) is 30.7. The topological polar surface area (TPSA) is 68.7 Å². The lowest BCUT2D eigenvalue weighted by molar-refractivity contribution is -0.129. The first kappa shape index (κ1) is 23.5. The summed E-state index contributed by atoms with van der Waals surface area (Å²) in [6, 6.07) is 21.5. The normalized spacial score (nSPS) is 15.3. The average Bonchev–Trinajstić information content (AvgIpc) is 3.24. The van der Waals surface area contributed by atoms with Gasteiger partial charge in [0.2, 0.25) is 5.91 Å². The number of amides is 2. The van der Waals surface area contributed by atoms with Gasteiger partial charge in [-0.2, -0.15) is 0 Å². The van der Waals surface area contributed by atoms with Crippen LogP contribution in [0.1, 0.15) is 35.7 Å². The maximum Gasteiger partial charge on any atom is 0.416 e. The molecule has 1 atom stereocenters. The molecule has 0 bridgehead atoms. The molecule has 1 aliphatic rings. The molecule has 176 valence electrons. The predicted octanol–water partition coefficient (Wildman–Crippen LogP) is 4.79. The van der Waals surface area contributed by atoms with Crippen LogP contribution in [0.25, 0.3) is 0 Å². The molecule has 4 rings (SSSR count). The van der Waals surface area contributed by atoms with Crippen LogP contribution < -0.4 is 4.74 Å². The van der Waals surface area contributed by atoms with Gasteiger partial charge in [0.25, 0.3) is 0 Å². The Morgan fingerprint density at radius 3 is 2.47 bits per heavy atom. The number of aryl methyl sites for hydroxylation is 2. The summed E-state index contributed by atoms with van der Waals surface area (Å²) in [5.41, 5.74) is 4.34. The zero-order valence-electron chi connectivity index (χ0n) is 19.5. The number of benzene rings is 2. The van der Waals surface area contributed by atoms with Crippen molar-refractivity contribution < 1.29 is 19.1 Å². The minimum Gasteiger partial charge on any atom is -0.493 e. The Bertz CT molecular complexity index is 1080. The minimum absolute atomic E-state index is 0.203. The van der Waals surface area contributed by atoms with E-state index in [2.05, 4.69) is 18.0 Å². The van der Waals surface area contributed by atoms with Crippen molar-refractivity contribution in [3.8, 4) is 5.75 Å². The van der Waals surface area contributed by atoms with Gasteiger partial charge in [0, 0.05) is 24.7 Å². The van der Waals surface area contributed by atoms with Gasteiger partial charge in [0.15, 0.2) is 0 Å². The van der Waals surface area contributed by atoms with Crippen molar-refractivity contribution in [2.24, 2.45) is 0 Å². The van der Waals surface area contributed by atoms with Gasteiger partial charge in [-0.05, 0) is 54.2 Å². The number of hydrogen-bond donors (Lipinski definition) is 0. The first-order valence-electron chi connectivity index (χ1n) is 11.8. The number of rotatable bonds is 10. The molecule has 6 nitrogen and oxygen atoms in total. The summed E-state index contributed by atoms with van der Waals surface area (Å²) < 4.78 is 11.0. The van der Waals surface area contributed by atoms with Crippen LogP contribution in [0.2, 0.25) is 0 Å². The van der Waals surface area contributed by atoms with Gasteiger partial charge < -0.3 is 9.47 Å². The summed E-state index contributed by atoms with van der Waals surface area (Å²) >= 11 is 0. The highest BCUT2D eigenvalue weighted by Crippen LogP contribution is 2.20. The molecule has 34 heavy (non-hydrogen) atoms. The number of carbonyl (C=O) groups excluding carboxylic acids is 2. The molecule has 0 unspecified atom stereocenters. The van der Waals surface area contributed by atoms with Crippen LogP contribution in [0.15, 0.2) is 72.9 Å². The Balaban J connectivity index is 1.24. The first-order valence-corrected chi connectivity index (χ1v) is 11.8. The second-order valence-corrected chi connectivity index (χ2v) is 8.44. The van der Waals surface area contributed by atoms with E-state index in [1.807, 2.05) is 66.9 Å². The molecule has 2 heterocycles. The summed E-state index contributed by atoms with van der Waals surface area (Å²) in [5, 5.41) is 0. The van der Waals surface area contributed by atoms with Crippen LogP contribution in [-0.4, -0.2) is 41.1 Å². The van der Waals surface area contributed by atoms with Crippen LogP contribution in [0.4, 0.5) is 4.79 Å². The van der Waals surface area contributed by atoms with Crippen molar-refractivity contribution in [1.29, 1.82) is 0 Å². The van der Waals surface area contributed by atoms with Crippen molar-refractivity contribution in [3.63, 3.8) is 0 Å². The molecule has 1 saturated heterocycles. The molecular weight excluding hydrogens is 428 g/mol. The van der Waals surface area contributed by atoms with Gasteiger partial charge in [-0.1, -0.05) is 55.5 Å². The monoisotopic (exact) mass is 458 g/mol. The van der Waals surface area contributed by atoms with Gasteiger partial charge in [-0.3, -0.25) is 9.78 Å². The van der Waals surface area contributed by atoms with E-state index >= 15 is 0 Å². The molecule has 1 aromatic heterocycles. The Kier molecular flexibility index (Phi) is 7.91. The van der Waals surface area contributed by atoms with Crippen LogP contribution in [0.3, 0.4) is 0 Å². The second kappa shape index (κ2) is 11.5. The van der Waals surface area contributed by atoms with E-state index in [1.54, 1.807) is 0 Å². The van der Waals surface area contributed by atoms with Crippen LogP contribution in [-0.2, 0) is 35.2 Å². The first-order chi connectivity index (χ1) is 16.6. The fraction of sp³-hybridized carbons (Fsp3) is 0.321. The number of hydrogen-bond acceptors (Lipinski definition) is 5. The van der Waals surface area contributed by atoms with Crippen LogP contribution >= 0.6 is 0 Å². The van der Waals surface area contributed by atoms with Crippen molar-refractivity contribution in [2.75, 3.05) is 13.2 Å². The van der Waals surface area contributed by atoms with Gasteiger partial charge in [-0.25, -0.2) is 9.69 Å². The highest BCUT2D eigenvalue weighted by molar-refractivity contribution is 5.93. The SMILES string of the molecule is CCc1ccc(CCOc2ccc(CCC(=O)N3C(=O)OC[C@H]3Cc3ccccc3)cc2)nc1. The number of cyclic esters (lactones) is 1. The van der Waals surface area contributed by atoms with Gasteiger partial charge >= 0.3 is 6.09 Å². The third kappa shape index (κ3) is 6.22. The van der Waals surface area contributed by atoms with Crippen molar-refractivity contribution >= 4 is 12.0 Å². The number of imide groups is 1. The fourth-order valence-electron chi connectivity index (χ4n) is 4.01. The largest absolute Gasteiger partial charge is 0.493 e. The molecule has 0 aliphatic carbocycles. The van der Waals surface area contributed by atoms with E-state index in [9.17, 15) is 9.59 Å². The number of pyridine rings is 1. The molecule has 0 N–H and O–H groups in total. The second-order valence-electron chi connectivity index (χ2n) is 8.44. The van der Waals surface area contributed by atoms with Crippen molar-refractivity contribution in [1.82, 2.24) is 9.88 Å². The fourth-order valence-corrected chi connectivity index (χ4v) is 4.01. The molecule has 0 saturated carbocycles. The number of nitrogens with zero attached hydrogens (tertiary/aromatic N) is 2. The van der Waals surface area contributed by atoms with Crippen molar-refractivity contribution in [2.45, 2.75) is 45.1 Å². The van der Waals surface area contributed by atoms with E-state index in [4.69, 9.17) is 9.47 Å². The summed E-state index contributed by atoms with van der Waals surface area (Å²) in [6.07, 6.45) is 4.50. The Morgan fingerprint density at radius 1 is 1.00 bits per heavy atom. The highest BCUT2D eigenvalue weighted by atomic mass is 16.6. The summed E-state index contributed by atoms with van der Waals surface area (Å²) in [7, 11) is 0. The van der Waals surface area contributed by atoms with E-state index in [0.717, 1.165) is 35.4 Å². The maximum absolute atomic E-state index is 12.8. The van der Waals surface area contributed by atoms with Gasteiger partial charge in [0.05, 0.1) is 12.6 Å². The average molecular weight is 459 g/mol. The lowest BCUT2D eigenvalue weighted by atomic mass is 10.0. The molecule has 2 aromatic carbocycles. The number of ether oxygens (including phenoxy) is 2. The molecule has 0 spiro atoms. The third-order valence-electron chi connectivity index (χ3n) is 6.02. The quantitative estimate of drug-likeness (QED) is 0.437. The molecule has 0 radical (unpaired) electrons. The number of aromatic nitrogens is 1. The van der Waals surface area contributed by atoms with Crippen LogP contribution in [0.5, 0.6) is 5.75 Å². The molecule has 1 fully saturated rings. The highest BCUT2D eigenvalue weighted by Gasteiger charge is 2.37. The maximum atomic E-state index is 12.8. The Hall–Kier alpha value is -3.67. The lowest BCUT2D eigenvalue weighted by Gasteiger charge is -2.19. The summed E-state index contributed by atoms with van der Waals surface area (Å²) in [5.74, 6) is 0.580. The molecule has 2 amide bonds. The van der Waals surface area contributed by atoms with Crippen molar-refractivity contribution in [3.05, 3.63) is 95.3 Å². The Labute approximate surface area is 200 Å². The van der Waals surface area contributed by atoms with E-state index in [0.29, 0.717) is 19.4 Å². The zero-order valence-corrected chi connectivity index (χ0v) is 19.5. The summed E-state index contributed by atoms with van der Waals surface area (Å²) in [6.45, 7) is 2.91. The molecule has 6 heteroatoms. The van der Waals surface area contributed by atoms with E-state index < -0.39 is 6.09 Å². The third-order valence-corrected chi connectivity index (χ3v) is 6.02. The van der Waals surface area contributed by atoms with E-state index in [-0.39, 0.29) is 25.0 Å². The lowest BCUT2D eigenvalue weighted by Crippen LogP contribution is -2.40. The standard InChI is InChI=1S/C28H30N2O4/c1-2-21-8-12-24(29-19-21)16-17-33-26-13-9-22(10-14-26)11-15-27(31)30-25(20-34-28(30)32)18-23-6-4-3-5-7-23/h3-10,12-14,19,25H,2,11,15-18,20H2,1H3/t25-/m1/s1. The minimum atomic E-state index is -0.548. The molecule has 3 aromatic rings. The van der Waals surface area contributed by atoms with Crippen LogP contribution in [0, 0.1) is 0 Å². The van der Waals surface area contributed by atoms with Gasteiger partial charge in [-0.15, -0.1) is 0 Å². The Morgan fingerprint density at radius 2 is 1.76 bits per heavy atom. The molecule has 1 aliphatic heterocycles. The van der Waals surface area contributed by atoms with Gasteiger partial charge in [0.1, 0.15) is 12.4 Å². The number of carbonyl (C=O) groups is 2.